The van der Waals surface area contributed by atoms with Gasteiger partial charge in [0.15, 0.2) is 5.96 Å². The molecular formula is C20H35N5O2S. The third-order valence-corrected chi connectivity index (χ3v) is 6.53. The number of aliphatic imine (C=N–C) groups is 1. The lowest BCUT2D eigenvalue weighted by molar-refractivity contribution is 0.275. The number of guanidine groups is 1. The molecule has 1 aliphatic rings. The molecule has 1 heterocycles. The molecule has 0 unspecified atom stereocenters. The lowest BCUT2D eigenvalue weighted by atomic mass is 9.98. The molecule has 1 saturated heterocycles. The summed E-state index contributed by atoms with van der Waals surface area (Å²) in [6.45, 7) is 7.07. The normalized spacial score (nSPS) is 16.8. The van der Waals surface area contributed by atoms with Crippen LogP contribution in [-0.4, -0.2) is 71.3 Å². The van der Waals surface area contributed by atoms with E-state index in [0.29, 0.717) is 19.0 Å². The van der Waals surface area contributed by atoms with Gasteiger partial charge in [0.2, 0.25) is 10.0 Å². The van der Waals surface area contributed by atoms with Gasteiger partial charge in [0, 0.05) is 52.0 Å². The van der Waals surface area contributed by atoms with E-state index in [9.17, 15) is 8.42 Å². The fourth-order valence-electron chi connectivity index (χ4n) is 3.49. The average Bonchev–Trinajstić information content (AvgIpc) is 2.70. The van der Waals surface area contributed by atoms with E-state index < -0.39 is 10.0 Å². The van der Waals surface area contributed by atoms with Gasteiger partial charge in [-0.25, -0.2) is 12.7 Å². The number of piperidine rings is 1. The van der Waals surface area contributed by atoms with Crippen molar-refractivity contribution >= 4 is 21.7 Å². The summed E-state index contributed by atoms with van der Waals surface area (Å²) in [7, 11) is -1.28. The van der Waals surface area contributed by atoms with Crippen LogP contribution >= 0.6 is 0 Å². The number of nitrogens with one attached hydrogen (secondary N) is 2. The topological polar surface area (TPSA) is 77.0 Å². The second-order valence-electron chi connectivity index (χ2n) is 7.25. The van der Waals surface area contributed by atoms with Crippen molar-refractivity contribution in [1.82, 2.24) is 14.9 Å². The molecule has 1 aliphatic heterocycles. The highest BCUT2D eigenvalue weighted by molar-refractivity contribution is 7.88. The van der Waals surface area contributed by atoms with Gasteiger partial charge >= 0.3 is 0 Å². The van der Waals surface area contributed by atoms with Crippen LogP contribution in [0.25, 0.3) is 0 Å². The monoisotopic (exact) mass is 409 g/mol. The molecule has 0 bridgehead atoms. The first-order chi connectivity index (χ1) is 13.4. The molecular weight excluding hydrogens is 374 g/mol. The second-order valence-corrected chi connectivity index (χ2v) is 9.24. The molecule has 158 valence electrons. The van der Waals surface area contributed by atoms with E-state index in [1.54, 1.807) is 11.4 Å². The first-order valence-corrected chi connectivity index (χ1v) is 12.0. The Morgan fingerprint density at radius 3 is 2.46 bits per heavy atom. The lowest BCUT2D eigenvalue weighted by Crippen LogP contribution is -2.44. The third-order valence-electron chi connectivity index (χ3n) is 5.22. The average molecular weight is 410 g/mol. The van der Waals surface area contributed by atoms with Crippen LogP contribution in [0.3, 0.4) is 0 Å². The number of nitrogens with zero attached hydrogens (tertiary/aromatic N) is 3. The molecule has 2 rings (SSSR count). The Labute approximate surface area is 170 Å². The number of rotatable bonds is 9. The predicted molar refractivity (Wildman–Crippen MR) is 117 cm³/mol. The Kier molecular flexibility index (Phi) is 9.05. The van der Waals surface area contributed by atoms with Crippen molar-refractivity contribution < 1.29 is 8.42 Å². The molecule has 1 aromatic carbocycles. The van der Waals surface area contributed by atoms with E-state index in [1.165, 1.54) is 11.9 Å². The number of benzene rings is 1. The highest BCUT2D eigenvalue weighted by Crippen LogP contribution is 2.18. The van der Waals surface area contributed by atoms with Gasteiger partial charge in [0.1, 0.15) is 0 Å². The summed E-state index contributed by atoms with van der Waals surface area (Å²) >= 11 is 0. The highest BCUT2D eigenvalue weighted by Gasteiger charge is 2.24. The van der Waals surface area contributed by atoms with E-state index in [0.717, 1.165) is 51.4 Å². The molecule has 0 saturated carbocycles. The molecule has 28 heavy (non-hydrogen) atoms. The van der Waals surface area contributed by atoms with Crippen LogP contribution < -0.4 is 15.5 Å². The van der Waals surface area contributed by atoms with Crippen LogP contribution in [0.1, 0.15) is 26.2 Å². The van der Waals surface area contributed by atoms with Gasteiger partial charge in [-0.15, -0.1) is 0 Å². The number of para-hydroxylation sites is 1. The molecule has 0 amide bonds. The summed E-state index contributed by atoms with van der Waals surface area (Å²) in [6.07, 6.45) is 4.09. The lowest BCUT2D eigenvalue weighted by Gasteiger charge is -2.30. The first kappa shape index (κ1) is 22.5. The second kappa shape index (κ2) is 11.3. The maximum absolute atomic E-state index is 11.6. The van der Waals surface area contributed by atoms with E-state index in [-0.39, 0.29) is 0 Å². The van der Waals surface area contributed by atoms with Crippen LogP contribution in [0.4, 0.5) is 5.69 Å². The Morgan fingerprint density at radius 1 is 1.21 bits per heavy atom. The van der Waals surface area contributed by atoms with Crippen molar-refractivity contribution in [2.45, 2.75) is 26.2 Å². The minimum Gasteiger partial charge on any atom is -0.372 e. The number of anilines is 1. The number of hydrogen-bond acceptors (Lipinski definition) is 4. The van der Waals surface area contributed by atoms with Crippen molar-refractivity contribution in [3.63, 3.8) is 0 Å². The Bertz CT molecular complexity index is 701. The van der Waals surface area contributed by atoms with Crippen LogP contribution in [0, 0.1) is 5.92 Å². The number of sulfonamides is 1. The summed E-state index contributed by atoms with van der Waals surface area (Å²) in [5, 5.41) is 6.76. The van der Waals surface area contributed by atoms with Gasteiger partial charge in [-0.2, -0.15) is 0 Å². The van der Waals surface area contributed by atoms with Gasteiger partial charge in [-0.05, 0) is 44.2 Å². The highest BCUT2D eigenvalue weighted by atomic mass is 32.2. The molecule has 1 aromatic rings. The molecule has 2 N–H and O–H groups in total. The predicted octanol–water partition coefficient (Wildman–Crippen LogP) is 1.74. The minimum absolute atomic E-state index is 0.477. The first-order valence-electron chi connectivity index (χ1n) is 10.1. The summed E-state index contributed by atoms with van der Waals surface area (Å²) < 4.78 is 24.8. The van der Waals surface area contributed by atoms with Gasteiger partial charge in [0.25, 0.3) is 0 Å². The van der Waals surface area contributed by atoms with Crippen molar-refractivity contribution in [3.8, 4) is 0 Å². The van der Waals surface area contributed by atoms with E-state index in [2.05, 4.69) is 51.7 Å². The van der Waals surface area contributed by atoms with Crippen LogP contribution in [0.15, 0.2) is 35.3 Å². The molecule has 1 fully saturated rings. The van der Waals surface area contributed by atoms with Crippen molar-refractivity contribution in [3.05, 3.63) is 30.3 Å². The van der Waals surface area contributed by atoms with Crippen molar-refractivity contribution in [2.24, 2.45) is 10.9 Å². The van der Waals surface area contributed by atoms with Gasteiger partial charge in [0.05, 0.1) is 6.26 Å². The summed E-state index contributed by atoms with van der Waals surface area (Å²) in [6, 6.07) is 10.5. The molecule has 7 nitrogen and oxygen atoms in total. The zero-order valence-corrected chi connectivity index (χ0v) is 18.2. The largest absolute Gasteiger partial charge is 0.372 e. The molecule has 0 aromatic heterocycles. The number of hydrogen-bond donors (Lipinski definition) is 2. The smallest absolute Gasteiger partial charge is 0.211 e. The summed E-state index contributed by atoms with van der Waals surface area (Å²) in [5.74, 6) is 1.29. The fraction of sp³-hybridized carbons (Fsp3) is 0.650. The van der Waals surface area contributed by atoms with Crippen LogP contribution in [0.2, 0.25) is 0 Å². The van der Waals surface area contributed by atoms with Gasteiger partial charge < -0.3 is 15.5 Å². The van der Waals surface area contributed by atoms with E-state index >= 15 is 0 Å². The minimum atomic E-state index is -3.06. The van der Waals surface area contributed by atoms with E-state index in [1.807, 2.05) is 6.07 Å². The SMILES string of the molecule is CCN(CCCNC(=NC)NCC1CCN(S(C)(=O)=O)CC1)c1ccccc1. The molecule has 0 spiro atoms. The molecule has 8 heteroatoms. The standard InChI is InChI=1S/C20H35N5O2S/c1-4-24(19-9-6-5-7-10-19)14-8-13-22-20(21-2)23-17-18-11-15-25(16-12-18)28(3,26)27/h5-7,9-10,18H,4,8,11-17H2,1-3H3,(H2,21,22,23). The Hall–Kier alpha value is -1.80. The van der Waals surface area contributed by atoms with Gasteiger partial charge in [-0.3, -0.25) is 4.99 Å². The quantitative estimate of drug-likeness (QED) is 0.369. The van der Waals surface area contributed by atoms with Crippen LogP contribution in [0.5, 0.6) is 0 Å². The van der Waals surface area contributed by atoms with Crippen molar-refractivity contribution in [1.29, 1.82) is 0 Å². The third kappa shape index (κ3) is 7.31. The maximum atomic E-state index is 11.6. The zero-order valence-electron chi connectivity index (χ0n) is 17.4. The van der Waals surface area contributed by atoms with E-state index in [4.69, 9.17) is 0 Å². The fourth-order valence-corrected chi connectivity index (χ4v) is 4.37. The Balaban J connectivity index is 1.65. The molecule has 0 radical (unpaired) electrons. The van der Waals surface area contributed by atoms with Crippen LogP contribution in [-0.2, 0) is 10.0 Å². The molecule has 0 aliphatic carbocycles. The summed E-state index contributed by atoms with van der Waals surface area (Å²) in [5.41, 5.74) is 1.26. The van der Waals surface area contributed by atoms with Gasteiger partial charge in [-0.1, -0.05) is 18.2 Å². The summed E-state index contributed by atoms with van der Waals surface area (Å²) in [4.78, 5) is 6.66. The Morgan fingerprint density at radius 2 is 1.89 bits per heavy atom. The maximum Gasteiger partial charge on any atom is 0.211 e. The molecule has 0 atom stereocenters. The van der Waals surface area contributed by atoms with Crippen molar-refractivity contribution in [2.75, 3.05) is 57.5 Å². The zero-order chi connectivity index (χ0) is 20.4.